The van der Waals surface area contributed by atoms with Crippen molar-refractivity contribution < 1.29 is 64.3 Å². The average Bonchev–Trinajstić information content (AvgIpc) is 3.13. The third-order valence-electron chi connectivity index (χ3n) is 6.70. The van der Waals surface area contributed by atoms with Crippen LogP contribution in [0.5, 0.6) is 0 Å². The van der Waals surface area contributed by atoms with Crippen LogP contribution in [-0.2, 0) is 28.5 Å². The zero-order valence-corrected chi connectivity index (χ0v) is 21.3. The Balaban J connectivity index is 2.47. The lowest BCUT2D eigenvalue weighted by Gasteiger charge is -2.45. The smallest absolute Gasteiger partial charge is 0.306 e. The van der Waals surface area contributed by atoms with Crippen molar-refractivity contribution in [2.24, 2.45) is 0 Å². The molecule has 37 heavy (non-hydrogen) atoms. The van der Waals surface area contributed by atoms with E-state index in [1.54, 1.807) is 0 Å². The van der Waals surface area contributed by atoms with Gasteiger partial charge in [0.15, 0.2) is 12.1 Å². The highest BCUT2D eigenvalue weighted by molar-refractivity contribution is 5.87. The highest BCUT2D eigenvalue weighted by Crippen LogP contribution is 2.40. The van der Waals surface area contributed by atoms with E-state index in [2.05, 4.69) is 0 Å². The molecule has 2 heterocycles. The van der Waals surface area contributed by atoms with Crippen LogP contribution in [0.3, 0.4) is 0 Å². The van der Waals surface area contributed by atoms with E-state index in [4.69, 9.17) is 18.9 Å². The molecule has 0 spiro atoms. The van der Waals surface area contributed by atoms with Gasteiger partial charge in [-0.1, -0.05) is 39.5 Å². The molecule has 0 aliphatic carbocycles. The largest absolute Gasteiger partial charge is 0.448 e. The first-order chi connectivity index (χ1) is 17.6. The molecule has 0 aromatic carbocycles. The summed E-state index contributed by atoms with van der Waals surface area (Å²) in [7, 11) is 0. The average molecular weight is 539 g/mol. The zero-order valence-electron chi connectivity index (χ0n) is 21.3. The molecule has 1 unspecified atom stereocenters. The molecule has 13 heteroatoms. The van der Waals surface area contributed by atoms with Gasteiger partial charge in [-0.05, 0) is 12.8 Å². The third-order valence-corrected chi connectivity index (χ3v) is 6.70. The number of carbonyl (C=O) groups excluding carboxylic acids is 2. The molecular weight excluding hydrogens is 496 g/mol. The molecule has 2 rings (SSSR count). The lowest BCUT2D eigenvalue weighted by atomic mass is 9.93. The highest BCUT2D eigenvalue weighted by atomic mass is 16.8. The Kier molecular flexibility index (Phi) is 12.8. The normalized spacial score (nSPS) is 36.9. The Hall–Kier alpha value is -1.26. The maximum absolute atomic E-state index is 13.4. The van der Waals surface area contributed by atoms with Crippen LogP contribution in [0, 0.1) is 0 Å². The van der Waals surface area contributed by atoms with E-state index < -0.39 is 85.9 Å². The van der Waals surface area contributed by atoms with Crippen LogP contribution >= 0.6 is 0 Å². The predicted octanol–water partition coefficient (Wildman–Crippen LogP) is -1.75. The summed E-state index contributed by atoms with van der Waals surface area (Å²) in [5, 5.41) is 71.5. The molecule has 10 atom stereocenters. The predicted molar refractivity (Wildman–Crippen MR) is 125 cm³/mol. The van der Waals surface area contributed by atoms with Crippen molar-refractivity contribution >= 4 is 11.8 Å². The van der Waals surface area contributed by atoms with E-state index >= 15 is 0 Å². The van der Waals surface area contributed by atoms with E-state index in [0.29, 0.717) is 19.3 Å². The van der Waals surface area contributed by atoms with E-state index in [0.717, 1.165) is 19.3 Å². The van der Waals surface area contributed by atoms with E-state index in [-0.39, 0.29) is 12.8 Å². The standard InChI is InChI=1S/C24H42O13/c1-3-5-7-9-13(27)22(35-16(28)10-8-6-4-2)24(21(33)18(30)15(12-26)36-24)37-23-20(32)19(31)17(29)14(11-25)34-23/h14-15,17-23,25-26,29-33H,3-12H2,1-2H3/t14-,15-,17-,18-,19+,20-,21+,22?,23-,24-/m1/s1. The maximum atomic E-state index is 13.4. The first kappa shape index (κ1) is 32.0. The molecule has 2 fully saturated rings. The van der Waals surface area contributed by atoms with E-state index in [9.17, 15) is 45.3 Å². The Morgan fingerprint density at radius 1 is 0.811 bits per heavy atom. The van der Waals surface area contributed by atoms with Crippen LogP contribution in [-0.4, -0.2) is 122 Å². The number of Topliss-reactive ketones (excluding diaryl/α,β-unsaturated/α-hetero) is 1. The summed E-state index contributed by atoms with van der Waals surface area (Å²) in [6.45, 7) is 2.27. The van der Waals surface area contributed by atoms with Crippen molar-refractivity contribution in [1.82, 2.24) is 0 Å². The number of hydrogen-bond acceptors (Lipinski definition) is 13. The lowest BCUT2D eigenvalue weighted by Crippen LogP contribution is -2.65. The molecule has 0 aromatic heterocycles. The van der Waals surface area contributed by atoms with Gasteiger partial charge in [0.1, 0.15) is 42.7 Å². The first-order valence-corrected chi connectivity index (χ1v) is 12.9. The van der Waals surface area contributed by atoms with Crippen molar-refractivity contribution in [2.45, 2.75) is 126 Å². The topological polar surface area (TPSA) is 213 Å². The van der Waals surface area contributed by atoms with Crippen molar-refractivity contribution in [1.29, 1.82) is 0 Å². The van der Waals surface area contributed by atoms with Gasteiger partial charge in [0.25, 0.3) is 0 Å². The highest BCUT2D eigenvalue weighted by Gasteiger charge is 2.65. The minimum absolute atomic E-state index is 0.0508. The van der Waals surface area contributed by atoms with Crippen LogP contribution in [0.2, 0.25) is 0 Å². The number of ketones is 1. The molecular formula is C24H42O13. The van der Waals surface area contributed by atoms with Crippen LogP contribution < -0.4 is 0 Å². The minimum atomic E-state index is -2.65. The van der Waals surface area contributed by atoms with Crippen LogP contribution in [0.15, 0.2) is 0 Å². The molecule has 13 nitrogen and oxygen atoms in total. The summed E-state index contributed by atoms with van der Waals surface area (Å²) >= 11 is 0. The molecule has 0 bridgehead atoms. The van der Waals surface area contributed by atoms with Crippen molar-refractivity contribution in [3.05, 3.63) is 0 Å². The van der Waals surface area contributed by atoms with E-state index in [1.807, 2.05) is 13.8 Å². The fraction of sp³-hybridized carbons (Fsp3) is 0.917. The number of ether oxygens (including phenoxy) is 4. The van der Waals surface area contributed by atoms with Crippen LogP contribution in [0.25, 0.3) is 0 Å². The van der Waals surface area contributed by atoms with Gasteiger partial charge in [-0.25, -0.2) is 0 Å². The molecule has 216 valence electrons. The number of hydrogen-bond donors (Lipinski definition) is 7. The summed E-state index contributed by atoms with van der Waals surface area (Å²) in [6, 6.07) is 0. The molecule has 2 saturated heterocycles. The van der Waals surface area contributed by atoms with E-state index in [1.165, 1.54) is 0 Å². The molecule has 0 radical (unpaired) electrons. The quantitative estimate of drug-likeness (QED) is 0.0912. The number of aliphatic hydroxyl groups excluding tert-OH is 7. The second kappa shape index (κ2) is 14.8. The first-order valence-electron chi connectivity index (χ1n) is 12.9. The number of aliphatic hydroxyl groups is 7. The fourth-order valence-corrected chi connectivity index (χ4v) is 4.45. The van der Waals surface area contributed by atoms with Gasteiger partial charge in [-0.3, -0.25) is 9.59 Å². The van der Waals surface area contributed by atoms with Gasteiger partial charge in [0, 0.05) is 12.8 Å². The van der Waals surface area contributed by atoms with Gasteiger partial charge in [0.05, 0.1) is 13.2 Å². The number of unbranched alkanes of at least 4 members (excludes halogenated alkanes) is 4. The summed E-state index contributed by atoms with van der Waals surface area (Å²) in [4.78, 5) is 26.0. The zero-order chi connectivity index (χ0) is 27.8. The Bertz CT molecular complexity index is 719. The number of carbonyl (C=O) groups is 2. The van der Waals surface area contributed by atoms with Crippen LogP contribution in [0.1, 0.15) is 65.2 Å². The van der Waals surface area contributed by atoms with Gasteiger partial charge in [0.2, 0.25) is 11.9 Å². The fourth-order valence-electron chi connectivity index (χ4n) is 4.45. The third kappa shape index (κ3) is 7.44. The summed E-state index contributed by atoms with van der Waals surface area (Å²) in [6.07, 6.45) is -12.4. The molecule has 2 aliphatic rings. The van der Waals surface area contributed by atoms with Gasteiger partial charge >= 0.3 is 5.97 Å². The van der Waals surface area contributed by atoms with Crippen molar-refractivity contribution in [3.63, 3.8) is 0 Å². The van der Waals surface area contributed by atoms with Gasteiger partial charge < -0.3 is 54.7 Å². The lowest BCUT2D eigenvalue weighted by molar-refractivity contribution is -0.391. The van der Waals surface area contributed by atoms with Crippen molar-refractivity contribution in [2.75, 3.05) is 13.2 Å². The molecule has 7 N–H and O–H groups in total. The Morgan fingerprint density at radius 2 is 1.41 bits per heavy atom. The molecule has 0 saturated carbocycles. The second-order valence-electron chi connectivity index (χ2n) is 9.56. The van der Waals surface area contributed by atoms with Crippen LogP contribution in [0.4, 0.5) is 0 Å². The molecule has 0 amide bonds. The summed E-state index contributed by atoms with van der Waals surface area (Å²) in [5.41, 5.74) is 0. The Labute approximate surface area is 215 Å². The Morgan fingerprint density at radius 3 is 1.95 bits per heavy atom. The minimum Gasteiger partial charge on any atom is -0.448 e. The van der Waals surface area contributed by atoms with Gasteiger partial charge in [-0.2, -0.15) is 0 Å². The molecule has 0 aromatic rings. The number of rotatable bonds is 15. The summed E-state index contributed by atoms with van der Waals surface area (Å²) < 4.78 is 22.2. The summed E-state index contributed by atoms with van der Waals surface area (Å²) in [5.74, 6) is -4.15. The number of esters is 1. The second-order valence-corrected chi connectivity index (χ2v) is 9.56. The van der Waals surface area contributed by atoms with Crippen molar-refractivity contribution in [3.8, 4) is 0 Å². The maximum Gasteiger partial charge on any atom is 0.306 e. The molecule has 2 aliphatic heterocycles. The SMILES string of the molecule is CCCCCC(=O)OC(C(=O)CCCCC)[C@@]1(O[C@H]2O[C@H](CO)[C@@H](O)[C@H](O)[C@H]2O)O[C@H](CO)[C@@H](O)[C@@H]1O. The van der Waals surface area contributed by atoms with Gasteiger partial charge in [-0.15, -0.1) is 0 Å². The monoisotopic (exact) mass is 538 g/mol.